The van der Waals surface area contributed by atoms with Gasteiger partial charge in [-0.05, 0) is 43.9 Å². The van der Waals surface area contributed by atoms with Gasteiger partial charge in [0.1, 0.15) is 10.6 Å². The second kappa shape index (κ2) is 8.49. The van der Waals surface area contributed by atoms with Gasteiger partial charge in [0.15, 0.2) is 18.2 Å². The van der Waals surface area contributed by atoms with Gasteiger partial charge in [0.2, 0.25) is 5.78 Å². The average molecular weight is 402 g/mol. The van der Waals surface area contributed by atoms with Gasteiger partial charge in [0.05, 0.1) is 16.8 Å². The van der Waals surface area contributed by atoms with Gasteiger partial charge < -0.3 is 9.15 Å². The fourth-order valence-corrected chi connectivity index (χ4v) is 3.92. The number of furan rings is 1. The van der Waals surface area contributed by atoms with E-state index in [2.05, 4.69) is 9.97 Å². The Morgan fingerprint density at radius 1 is 1.26 bits per heavy atom. The first-order valence-electron chi connectivity index (χ1n) is 8.29. The van der Waals surface area contributed by atoms with Gasteiger partial charge in [-0.1, -0.05) is 6.92 Å². The van der Waals surface area contributed by atoms with E-state index in [4.69, 9.17) is 9.15 Å². The zero-order valence-electron chi connectivity index (χ0n) is 15.1. The van der Waals surface area contributed by atoms with E-state index >= 15 is 0 Å². The van der Waals surface area contributed by atoms with Crippen LogP contribution in [0.4, 0.5) is 0 Å². The molecule has 0 fully saturated rings. The molecule has 3 aromatic rings. The highest BCUT2D eigenvalue weighted by Gasteiger charge is 2.22. The number of hydrogen-bond donors (Lipinski definition) is 0. The van der Waals surface area contributed by atoms with E-state index in [-0.39, 0.29) is 18.0 Å². The van der Waals surface area contributed by atoms with Crippen LogP contribution in [0.1, 0.15) is 37.5 Å². The lowest BCUT2D eigenvalue weighted by atomic mass is 10.2. The number of rotatable bonds is 7. The highest BCUT2D eigenvalue weighted by Crippen LogP contribution is 2.26. The zero-order chi connectivity index (χ0) is 19.4. The smallest absolute Gasteiger partial charge is 0.343 e. The molecule has 0 atom stereocenters. The molecule has 0 saturated carbocycles. The third kappa shape index (κ3) is 4.28. The SMILES string of the molecule is CCc1ccc(C(=O)COC(=O)c2c(C)nc(-c3ccco3)nc2SC)s1. The Morgan fingerprint density at radius 3 is 2.70 bits per heavy atom. The summed E-state index contributed by atoms with van der Waals surface area (Å²) in [6, 6.07) is 7.17. The number of thiophene rings is 1. The Bertz CT molecular complexity index is 964. The van der Waals surface area contributed by atoms with E-state index in [0.717, 1.165) is 11.3 Å². The first-order valence-corrected chi connectivity index (χ1v) is 10.3. The van der Waals surface area contributed by atoms with Crippen LogP contribution in [0.25, 0.3) is 11.6 Å². The number of carbonyl (C=O) groups is 2. The number of carbonyl (C=O) groups excluding carboxylic acids is 2. The van der Waals surface area contributed by atoms with Gasteiger partial charge >= 0.3 is 5.97 Å². The third-order valence-corrected chi connectivity index (χ3v) is 5.77. The molecule has 0 aliphatic heterocycles. The van der Waals surface area contributed by atoms with Crippen molar-refractivity contribution in [3.05, 3.63) is 51.5 Å². The molecular formula is C19H18N2O4S2. The van der Waals surface area contributed by atoms with Crippen LogP contribution in [0, 0.1) is 6.92 Å². The summed E-state index contributed by atoms with van der Waals surface area (Å²) in [6.07, 6.45) is 4.22. The van der Waals surface area contributed by atoms with Crippen LogP contribution in [-0.2, 0) is 11.2 Å². The van der Waals surface area contributed by atoms with Crippen molar-refractivity contribution in [3.8, 4) is 11.6 Å². The molecule has 140 valence electrons. The van der Waals surface area contributed by atoms with Crippen LogP contribution < -0.4 is 0 Å². The minimum absolute atomic E-state index is 0.218. The predicted octanol–water partition coefficient (Wildman–Crippen LogP) is 4.43. The zero-order valence-corrected chi connectivity index (χ0v) is 16.8. The third-order valence-electron chi connectivity index (χ3n) is 3.82. The van der Waals surface area contributed by atoms with Crippen molar-refractivity contribution in [1.29, 1.82) is 0 Å². The maximum atomic E-state index is 12.6. The summed E-state index contributed by atoms with van der Waals surface area (Å²) in [5, 5.41) is 0.482. The molecule has 3 rings (SSSR count). The number of esters is 1. The van der Waals surface area contributed by atoms with Gasteiger partial charge in [-0.3, -0.25) is 4.79 Å². The Kier molecular flexibility index (Phi) is 6.08. The molecule has 6 nitrogen and oxygen atoms in total. The Hall–Kier alpha value is -2.45. The molecule has 0 aliphatic rings. The van der Waals surface area contributed by atoms with E-state index in [1.165, 1.54) is 29.4 Å². The molecule has 0 aromatic carbocycles. The van der Waals surface area contributed by atoms with Crippen molar-refractivity contribution in [2.24, 2.45) is 0 Å². The fourth-order valence-electron chi connectivity index (χ4n) is 2.44. The maximum absolute atomic E-state index is 12.6. The first-order chi connectivity index (χ1) is 13.0. The number of Topliss-reactive ketones (excluding diaryl/α,β-unsaturated/α-hetero) is 1. The van der Waals surface area contributed by atoms with Crippen LogP contribution in [0.5, 0.6) is 0 Å². The summed E-state index contributed by atoms with van der Waals surface area (Å²) < 4.78 is 10.6. The van der Waals surface area contributed by atoms with Crippen LogP contribution >= 0.6 is 23.1 Å². The number of nitrogens with zero attached hydrogens (tertiary/aromatic N) is 2. The van der Waals surface area contributed by atoms with Gasteiger partial charge in [0.25, 0.3) is 0 Å². The maximum Gasteiger partial charge on any atom is 0.343 e. The number of aryl methyl sites for hydroxylation is 2. The van der Waals surface area contributed by atoms with Crippen molar-refractivity contribution < 1.29 is 18.7 Å². The Labute approximate surface area is 165 Å². The van der Waals surface area contributed by atoms with Crippen molar-refractivity contribution in [3.63, 3.8) is 0 Å². The highest BCUT2D eigenvalue weighted by atomic mass is 32.2. The summed E-state index contributed by atoms with van der Waals surface area (Å²) in [7, 11) is 0. The molecule has 0 bridgehead atoms. The summed E-state index contributed by atoms with van der Waals surface area (Å²) in [6.45, 7) is 3.42. The lowest BCUT2D eigenvalue weighted by molar-refractivity contribution is 0.0470. The van der Waals surface area contributed by atoms with Crippen molar-refractivity contribution in [1.82, 2.24) is 9.97 Å². The molecule has 0 unspecified atom stereocenters. The van der Waals surface area contributed by atoms with E-state index in [1.807, 2.05) is 19.2 Å². The molecule has 0 amide bonds. The number of ketones is 1. The number of thioether (sulfide) groups is 1. The predicted molar refractivity (Wildman–Crippen MR) is 105 cm³/mol. The molecular weight excluding hydrogens is 384 g/mol. The largest absolute Gasteiger partial charge is 0.461 e. The monoisotopic (exact) mass is 402 g/mol. The Balaban J connectivity index is 1.76. The number of hydrogen-bond acceptors (Lipinski definition) is 8. The quantitative estimate of drug-likeness (QED) is 0.250. The van der Waals surface area contributed by atoms with Gasteiger partial charge in [-0.25, -0.2) is 14.8 Å². The molecule has 0 spiro atoms. The highest BCUT2D eigenvalue weighted by molar-refractivity contribution is 7.98. The van der Waals surface area contributed by atoms with Crippen LogP contribution in [0.2, 0.25) is 0 Å². The van der Waals surface area contributed by atoms with E-state index in [1.54, 1.807) is 25.1 Å². The van der Waals surface area contributed by atoms with Gasteiger partial charge in [-0.15, -0.1) is 23.1 Å². The van der Waals surface area contributed by atoms with E-state index < -0.39 is 5.97 Å². The first kappa shape index (κ1) is 19.3. The molecule has 3 heterocycles. The summed E-state index contributed by atoms with van der Waals surface area (Å²) in [4.78, 5) is 35.2. The molecule has 3 aromatic heterocycles. The molecule has 0 N–H and O–H groups in total. The summed E-state index contributed by atoms with van der Waals surface area (Å²) >= 11 is 2.73. The van der Waals surface area contributed by atoms with E-state index in [9.17, 15) is 9.59 Å². The minimum Gasteiger partial charge on any atom is -0.461 e. The summed E-state index contributed by atoms with van der Waals surface area (Å²) in [5.74, 6) is 0.0982. The van der Waals surface area contributed by atoms with Gasteiger partial charge in [0, 0.05) is 4.88 Å². The second-order valence-corrected chi connectivity index (χ2v) is 7.58. The van der Waals surface area contributed by atoms with Gasteiger partial charge in [-0.2, -0.15) is 0 Å². The van der Waals surface area contributed by atoms with Crippen molar-refractivity contribution in [2.45, 2.75) is 25.3 Å². The topological polar surface area (TPSA) is 82.3 Å². The fraction of sp³-hybridized carbons (Fsp3) is 0.263. The molecule has 0 saturated heterocycles. The van der Waals surface area contributed by atoms with E-state index in [0.29, 0.717) is 27.2 Å². The number of ether oxygens (including phenoxy) is 1. The minimum atomic E-state index is -0.608. The normalized spacial score (nSPS) is 10.8. The summed E-state index contributed by atoms with van der Waals surface area (Å²) in [5.41, 5.74) is 0.744. The Morgan fingerprint density at radius 2 is 2.07 bits per heavy atom. The van der Waals surface area contributed by atoms with Crippen molar-refractivity contribution >= 4 is 34.9 Å². The van der Waals surface area contributed by atoms with Crippen LogP contribution in [0.15, 0.2) is 40.0 Å². The standard InChI is InChI=1S/C19H18N2O4S2/c1-4-12-7-8-15(27-12)13(22)10-25-19(23)16-11(2)20-17(21-18(16)26-3)14-6-5-9-24-14/h5-9H,4,10H2,1-3H3. The molecule has 0 aliphatic carbocycles. The number of aromatic nitrogens is 2. The second-order valence-electron chi connectivity index (χ2n) is 5.61. The molecule has 8 heteroatoms. The van der Waals surface area contributed by atoms with Crippen LogP contribution in [-0.4, -0.2) is 34.6 Å². The average Bonchev–Trinajstić information content (AvgIpc) is 3.36. The molecule has 27 heavy (non-hydrogen) atoms. The molecule has 0 radical (unpaired) electrons. The van der Waals surface area contributed by atoms with Crippen LogP contribution in [0.3, 0.4) is 0 Å². The lowest BCUT2D eigenvalue weighted by Crippen LogP contribution is -2.16. The van der Waals surface area contributed by atoms with Crippen molar-refractivity contribution in [2.75, 3.05) is 12.9 Å². The lowest BCUT2D eigenvalue weighted by Gasteiger charge is -2.10.